The zero-order valence-electron chi connectivity index (χ0n) is 9.69. The van der Waals surface area contributed by atoms with E-state index in [1.54, 1.807) is 0 Å². The number of ketones is 1. The van der Waals surface area contributed by atoms with Crippen molar-refractivity contribution in [2.75, 3.05) is 0 Å². The first kappa shape index (κ1) is 12.5. The molecule has 0 saturated heterocycles. The Balaban J connectivity index is 2.04. The highest BCUT2D eigenvalue weighted by Crippen LogP contribution is 2.23. The van der Waals surface area contributed by atoms with Crippen LogP contribution in [0.1, 0.15) is 36.0 Å². The van der Waals surface area contributed by atoms with E-state index in [0.717, 1.165) is 6.07 Å². The SMILES string of the molecule is O=C1CCC(Oc2ccc(C(=O)O)c(F)c2)CC1. The van der Waals surface area contributed by atoms with Crippen LogP contribution in [0.3, 0.4) is 0 Å². The number of carboxylic acid groups (broad SMARTS) is 1. The number of carbonyl (C=O) groups is 2. The van der Waals surface area contributed by atoms with Crippen molar-refractivity contribution in [1.82, 2.24) is 0 Å². The minimum absolute atomic E-state index is 0.0993. The van der Waals surface area contributed by atoms with Gasteiger partial charge in [-0.3, -0.25) is 4.79 Å². The molecule has 2 rings (SSSR count). The van der Waals surface area contributed by atoms with Crippen LogP contribution in [-0.2, 0) is 4.79 Å². The first-order valence-electron chi connectivity index (χ1n) is 5.77. The summed E-state index contributed by atoms with van der Waals surface area (Å²) < 4.78 is 18.9. The van der Waals surface area contributed by atoms with E-state index >= 15 is 0 Å². The summed E-state index contributed by atoms with van der Waals surface area (Å²) in [6.45, 7) is 0. The zero-order chi connectivity index (χ0) is 13.1. The first-order chi connectivity index (χ1) is 8.56. The maximum absolute atomic E-state index is 13.4. The van der Waals surface area contributed by atoms with Crippen LogP contribution in [-0.4, -0.2) is 23.0 Å². The molecule has 18 heavy (non-hydrogen) atoms. The van der Waals surface area contributed by atoms with Crippen molar-refractivity contribution in [3.05, 3.63) is 29.6 Å². The molecule has 0 aliphatic heterocycles. The van der Waals surface area contributed by atoms with Gasteiger partial charge in [0.2, 0.25) is 0 Å². The van der Waals surface area contributed by atoms with Crippen molar-refractivity contribution < 1.29 is 23.8 Å². The lowest BCUT2D eigenvalue weighted by Gasteiger charge is -2.22. The maximum Gasteiger partial charge on any atom is 0.338 e. The largest absolute Gasteiger partial charge is 0.490 e. The van der Waals surface area contributed by atoms with Crippen molar-refractivity contribution in [2.24, 2.45) is 0 Å². The van der Waals surface area contributed by atoms with Gasteiger partial charge in [-0.05, 0) is 25.0 Å². The Labute approximate surface area is 103 Å². The molecule has 1 aromatic rings. The first-order valence-corrected chi connectivity index (χ1v) is 5.77. The Morgan fingerprint density at radius 3 is 2.56 bits per heavy atom. The number of hydrogen-bond acceptors (Lipinski definition) is 3. The fraction of sp³-hybridized carbons (Fsp3) is 0.385. The van der Waals surface area contributed by atoms with Gasteiger partial charge in [-0.25, -0.2) is 9.18 Å². The highest BCUT2D eigenvalue weighted by atomic mass is 19.1. The second kappa shape index (κ2) is 5.16. The molecular weight excluding hydrogens is 239 g/mol. The summed E-state index contributed by atoms with van der Waals surface area (Å²) in [7, 11) is 0. The van der Waals surface area contributed by atoms with E-state index < -0.39 is 11.8 Å². The number of rotatable bonds is 3. The molecule has 0 bridgehead atoms. The van der Waals surface area contributed by atoms with Crippen LogP contribution in [0, 0.1) is 5.82 Å². The molecule has 1 saturated carbocycles. The molecule has 96 valence electrons. The summed E-state index contributed by atoms with van der Waals surface area (Å²) >= 11 is 0. The highest BCUT2D eigenvalue weighted by molar-refractivity contribution is 5.88. The van der Waals surface area contributed by atoms with E-state index in [1.165, 1.54) is 12.1 Å². The third kappa shape index (κ3) is 2.85. The van der Waals surface area contributed by atoms with Crippen molar-refractivity contribution >= 4 is 11.8 Å². The average Bonchev–Trinajstić information content (AvgIpc) is 2.32. The Hall–Kier alpha value is -1.91. The van der Waals surface area contributed by atoms with Gasteiger partial charge in [0.05, 0.1) is 11.7 Å². The lowest BCUT2D eigenvalue weighted by atomic mass is 9.96. The predicted molar refractivity (Wildman–Crippen MR) is 61.3 cm³/mol. The van der Waals surface area contributed by atoms with E-state index in [0.29, 0.717) is 31.4 Å². The third-order valence-corrected chi connectivity index (χ3v) is 2.96. The molecule has 0 radical (unpaired) electrons. The van der Waals surface area contributed by atoms with Crippen molar-refractivity contribution in [3.63, 3.8) is 0 Å². The topological polar surface area (TPSA) is 63.6 Å². The van der Waals surface area contributed by atoms with Gasteiger partial charge >= 0.3 is 5.97 Å². The third-order valence-electron chi connectivity index (χ3n) is 2.96. The highest BCUT2D eigenvalue weighted by Gasteiger charge is 2.20. The minimum atomic E-state index is -1.30. The van der Waals surface area contributed by atoms with Crippen LogP contribution in [0.2, 0.25) is 0 Å². The monoisotopic (exact) mass is 252 g/mol. The lowest BCUT2D eigenvalue weighted by molar-refractivity contribution is -0.121. The number of halogens is 1. The second-order valence-electron chi connectivity index (χ2n) is 4.30. The number of Topliss-reactive ketones (excluding diaryl/α,β-unsaturated/α-hetero) is 1. The van der Waals surface area contributed by atoms with E-state index in [9.17, 15) is 14.0 Å². The van der Waals surface area contributed by atoms with Gasteiger partial charge in [-0.2, -0.15) is 0 Å². The molecule has 0 heterocycles. The molecule has 1 N–H and O–H groups in total. The molecule has 1 aliphatic carbocycles. The molecule has 0 aromatic heterocycles. The second-order valence-corrected chi connectivity index (χ2v) is 4.30. The summed E-state index contributed by atoms with van der Waals surface area (Å²) in [6, 6.07) is 3.68. The molecule has 0 unspecified atom stereocenters. The molecule has 0 atom stereocenters. The Bertz CT molecular complexity index is 474. The zero-order valence-corrected chi connectivity index (χ0v) is 9.69. The number of benzene rings is 1. The smallest absolute Gasteiger partial charge is 0.338 e. The average molecular weight is 252 g/mol. The molecule has 0 spiro atoms. The van der Waals surface area contributed by atoms with Gasteiger partial charge in [-0.15, -0.1) is 0 Å². The Morgan fingerprint density at radius 1 is 1.33 bits per heavy atom. The number of aromatic carboxylic acids is 1. The van der Waals surface area contributed by atoms with E-state index in [2.05, 4.69) is 0 Å². The van der Waals surface area contributed by atoms with Gasteiger partial charge in [0.1, 0.15) is 17.3 Å². The van der Waals surface area contributed by atoms with E-state index in [4.69, 9.17) is 9.84 Å². The van der Waals surface area contributed by atoms with Crippen LogP contribution in [0.15, 0.2) is 18.2 Å². The number of ether oxygens (including phenoxy) is 1. The molecule has 1 fully saturated rings. The van der Waals surface area contributed by atoms with Gasteiger partial charge in [0.25, 0.3) is 0 Å². The van der Waals surface area contributed by atoms with Gasteiger partial charge < -0.3 is 9.84 Å². The lowest BCUT2D eigenvalue weighted by Crippen LogP contribution is -2.24. The van der Waals surface area contributed by atoms with Crippen LogP contribution < -0.4 is 4.74 Å². The van der Waals surface area contributed by atoms with Crippen LogP contribution in [0.25, 0.3) is 0 Å². The van der Waals surface area contributed by atoms with Crippen LogP contribution >= 0.6 is 0 Å². The normalized spacial score (nSPS) is 16.6. The van der Waals surface area contributed by atoms with Gasteiger partial charge in [0, 0.05) is 18.9 Å². The molecule has 0 amide bonds. The quantitative estimate of drug-likeness (QED) is 0.897. The predicted octanol–water partition coefficient (Wildman–Crippen LogP) is 2.41. The van der Waals surface area contributed by atoms with Crippen LogP contribution in [0.5, 0.6) is 5.75 Å². The maximum atomic E-state index is 13.4. The standard InChI is InChI=1S/C13H13FO4/c14-12-7-10(5-6-11(12)13(16)17)18-9-3-1-8(15)2-4-9/h5-7,9H,1-4H2,(H,16,17). The molecule has 5 heteroatoms. The number of carbonyl (C=O) groups excluding carboxylic acids is 1. The molecule has 1 aliphatic rings. The minimum Gasteiger partial charge on any atom is -0.490 e. The molecular formula is C13H13FO4. The molecule has 1 aromatic carbocycles. The van der Waals surface area contributed by atoms with E-state index in [-0.39, 0.29) is 17.5 Å². The molecule has 4 nitrogen and oxygen atoms in total. The summed E-state index contributed by atoms with van der Waals surface area (Å²) in [5.41, 5.74) is -0.374. The van der Waals surface area contributed by atoms with Gasteiger partial charge in [0.15, 0.2) is 0 Å². The summed E-state index contributed by atoms with van der Waals surface area (Å²) in [5.74, 6) is -1.59. The van der Waals surface area contributed by atoms with Crippen molar-refractivity contribution in [3.8, 4) is 5.75 Å². The fourth-order valence-electron chi connectivity index (χ4n) is 1.97. The van der Waals surface area contributed by atoms with E-state index in [1.807, 2.05) is 0 Å². The summed E-state index contributed by atoms with van der Waals surface area (Å²) in [6.07, 6.45) is 2.13. The number of hydrogen-bond donors (Lipinski definition) is 1. The fourth-order valence-corrected chi connectivity index (χ4v) is 1.97. The summed E-state index contributed by atoms with van der Waals surface area (Å²) in [4.78, 5) is 21.7. The van der Waals surface area contributed by atoms with Crippen LogP contribution in [0.4, 0.5) is 4.39 Å². The van der Waals surface area contributed by atoms with Crippen molar-refractivity contribution in [1.29, 1.82) is 0 Å². The Kier molecular flexibility index (Phi) is 3.60. The number of carboxylic acids is 1. The Morgan fingerprint density at radius 2 is 2.00 bits per heavy atom. The summed E-state index contributed by atoms with van der Waals surface area (Å²) in [5, 5.41) is 8.69. The van der Waals surface area contributed by atoms with Crippen molar-refractivity contribution in [2.45, 2.75) is 31.8 Å². The van der Waals surface area contributed by atoms with Gasteiger partial charge in [-0.1, -0.05) is 0 Å².